The van der Waals surface area contributed by atoms with Gasteiger partial charge in [-0.25, -0.2) is 13.1 Å². The number of ether oxygens (including phenoxy) is 2. The Bertz CT molecular complexity index is 1580. The number of sulfonamides is 1. The minimum Gasteiger partial charge on any atom is -0.457 e. The number of morpholine rings is 1. The van der Waals surface area contributed by atoms with E-state index in [1.54, 1.807) is 18.2 Å². The van der Waals surface area contributed by atoms with Crippen LogP contribution in [0.2, 0.25) is 0 Å². The maximum Gasteiger partial charge on any atom is 0.250 e. The molecule has 0 amide bonds. The number of aliphatic hydroxyl groups excluding tert-OH is 4. The predicted molar refractivity (Wildman–Crippen MR) is 154 cm³/mol. The quantitative estimate of drug-likeness (QED) is 0.221. The van der Waals surface area contributed by atoms with Crippen molar-refractivity contribution in [2.75, 3.05) is 44.4 Å². The van der Waals surface area contributed by atoms with Gasteiger partial charge >= 0.3 is 0 Å². The topological polar surface area (TPSA) is 186 Å². The number of anilines is 1. The first kappa shape index (κ1) is 30.1. The summed E-state index contributed by atoms with van der Waals surface area (Å²) in [7, 11) is -4.36. The van der Waals surface area contributed by atoms with Crippen molar-refractivity contribution in [3.05, 3.63) is 59.2 Å². The summed E-state index contributed by atoms with van der Waals surface area (Å²) in [5.41, 5.74) is 1.91. The van der Waals surface area contributed by atoms with E-state index < -0.39 is 52.0 Å². The molecule has 2 aliphatic heterocycles. The summed E-state index contributed by atoms with van der Waals surface area (Å²) in [6, 6.07) is 17.0. The number of hydrogen-bond acceptors (Lipinski definition) is 11. The van der Waals surface area contributed by atoms with Crippen molar-refractivity contribution in [3.63, 3.8) is 0 Å². The molecule has 2 fully saturated rings. The smallest absolute Gasteiger partial charge is 0.250 e. The van der Waals surface area contributed by atoms with E-state index in [0.717, 1.165) is 41.2 Å². The Hall–Kier alpha value is -3.32. The van der Waals surface area contributed by atoms with Gasteiger partial charge < -0.3 is 39.2 Å². The van der Waals surface area contributed by atoms with Crippen LogP contribution in [0.4, 0.5) is 5.69 Å². The van der Waals surface area contributed by atoms with Crippen LogP contribution in [0.15, 0.2) is 57.9 Å². The van der Waals surface area contributed by atoms with Crippen LogP contribution in [0, 0.1) is 11.3 Å². The molecular formula is C29H33N3O9S. The number of furan rings is 1. The summed E-state index contributed by atoms with van der Waals surface area (Å²) in [5.74, 6) is 0.634. The summed E-state index contributed by atoms with van der Waals surface area (Å²) in [4.78, 5) is 1.65. The molecule has 224 valence electrons. The van der Waals surface area contributed by atoms with Crippen molar-refractivity contribution in [2.24, 2.45) is 0 Å². The van der Waals surface area contributed by atoms with Crippen molar-refractivity contribution in [2.45, 2.75) is 36.9 Å². The van der Waals surface area contributed by atoms with Crippen molar-refractivity contribution in [3.8, 4) is 17.4 Å². The highest BCUT2D eigenvalue weighted by atomic mass is 32.2. The predicted octanol–water partition coefficient (Wildman–Crippen LogP) is 0.953. The molecule has 3 heterocycles. The Morgan fingerprint density at radius 2 is 1.71 bits per heavy atom. The molecule has 5 N–H and O–H groups in total. The van der Waals surface area contributed by atoms with Gasteiger partial charge in [0.1, 0.15) is 42.0 Å². The van der Waals surface area contributed by atoms with Gasteiger partial charge in [-0.15, -0.1) is 0 Å². The zero-order valence-electron chi connectivity index (χ0n) is 22.7. The fourth-order valence-corrected chi connectivity index (χ4v) is 6.05. The summed E-state index contributed by atoms with van der Waals surface area (Å²) in [6.45, 7) is 2.27. The van der Waals surface area contributed by atoms with Crippen molar-refractivity contribution in [1.29, 1.82) is 5.26 Å². The molecule has 1 unspecified atom stereocenters. The number of nitriles is 1. The van der Waals surface area contributed by atoms with E-state index in [2.05, 4.69) is 21.8 Å². The molecule has 0 radical (unpaired) electrons. The normalized spacial score (nSPS) is 25.5. The molecule has 0 saturated carbocycles. The number of rotatable bonds is 9. The summed E-state index contributed by atoms with van der Waals surface area (Å²) in [5, 5.41) is 51.2. The lowest BCUT2D eigenvalue weighted by Crippen LogP contribution is -2.60. The molecule has 3 aromatic rings. The van der Waals surface area contributed by atoms with Gasteiger partial charge in [0.05, 0.1) is 19.3 Å². The third kappa shape index (κ3) is 6.51. The lowest BCUT2D eigenvalue weighted by Gasteiger charge is -2.40. The minimum absolute atomic E-state index is 0.0228. The fourth-order valence-electron chi connectivity index (χ4n) is 5.12. The summed E-state index contributed by atoms with van der Waals surface area (Å²) >= 11 is 0. The molecule has 0 spiro atoms. The summed E-state index contributed by atoms with van der Waals surface area (Å²) in [6.07, 6.45) is -5.79. The first-order valence-corrected chi connectivity index (χ1v) is 15.1. The van der Waals surface area contributed by atoms with Crippen LogP contribution in [-0.4, -0.2) is 98.8 Å². The average molecular weight is 600 g/mol. The molecule has 2 saturated heterocycles. The highest BCUT2D eigenvalue weighted by molar-refractivity contribution is 7.93. The number of hydrogen-bond donors (Lipinski definition) is 5. The second-order valence-electron chi connectivity index (χ2n) is 10.2. The molecule has 5 atom stereocenters. The molecule has 2 aliphatic rings. The monoisotopic (exact) mass is 599 g/mol. The lowest BCUT2D eigenvalue weighted by atomic mass is 9.93. The van der Waals surface area contributed by atoms with Crippen molar-refractivity contribution >= 4 is 32.6 Å². The zero-order chi connectivity index (χ0) is 29.9. The molecule has 13 heteroatoms. The van der Waals surface area contributed by atoms with Gasteiger partial charge in [-0.1, -0.05) is 18.2 Å². The molecule has 42 heavy (non-hydrogen) atoms. The second kappa shape index (κ2) is 12.9. The Balaban J connectivity index is 1.28. The van der Waals surface area contributed by atoms with E-state index in [1.807, 2.05) is 24.3 Å². The second-order valence-corrected chi connectivity index (χ2v) is 12.0. The Kier molecular flexibility index (Phi) is 9.26. The maximum atomic E-state index is 12.9. The third-order valence-corrected chi connectivity index (χ3v) is 8.82. The van der Waals surface area contributed by atoms with E-state index in [-0.39, 0.29) is 18.8 Å². The van der Waals surface area contributed by atoms with Crippen LogP contribution in [0.5, 0.6) is 0 Å². The third-order valence-electron chi connectivity index (χ3n) is 7.48. The van der Waals surface area contributed by atoms with E-state index >= 15 is 0 Å². The van der Waals surface area contributed by atoms with Crippen molar-refractivity contribution in [1.82, 2.24) is 4.72 Å². The first-order chi connectivity index (χ1) is 20.2. The van der Waals surface area contributed by atoms with Gasteiger partial charge in [0.25, 0.3) is 10.0 Å². The Labute approximate surface area is 243 Å². The largest absolute Gasteiger partial charge is 0.457 e. The first-order valence-electron chi connectivity index (χ1n) is 13.6. The SMILES string of the molecule is N#C/C(=C\c1ccc(-c2ccc3cc(N4CCOCC4)ccc3c2)o1)S(=O)(=O)NC[C@H]1OC(CCO)[C@H](O)[C@@H](O)[C@@H]1O. The molecule has 2 aromatic carbocycles. The van der Waals surface area contributed by atoms with Gasteiger partial charge in [0.2, 0.25) is 0 Å². The number of nitrogens with one attached hydrogen (secondary N) is 1. The Morgan fingerprint density at radius 3 is 2.45 bits per heavy atom. The van der Waals surface area contributed by atoms with Gasteiger partial charge in [-0.2, -0.15) is 5.26 Å². The van der Waals surface area contributed by atoms with E-state index in [9.17, 15) is 29.0 Å². The van der Waals surface area contributed by atoms with Gasteiger partial charge in [-0.05, 0) is 47.5 Å². The molecule has 1 aromatic heterocycles. The van der Waals surface area contributed by atoms with Crippen LogP contribution < -0.4 is 9.62 Å². The molecule has 0 bridgehead atoms. The number of nitrogens with zero attached hydrogens (tertiary/aromatic N) is 2. The fraction of sp³-hybridized carbons (Fsp3) is 0.414. The van der Waals surface area contributed by atoms with E-state index in [1.165, 1.54) is 0 Å². The molecule has 0 aliphatic carbocycles. The highest BCUT2D eigenvalue weighted by Crippen LogP contribution is 2.30. The molecule has 12 nitrogen and oxygen atoms in total. The number of allylic oxidation sites excluding steroid dienone is 1. The van der Waals surface area contributed by atoms with Crippen molar-refractivity contribution < 1.29 is 42.7 Å². The molecule has 5 rings (SSSR count). The van der Waals surface area contributed by atoms with Gasteiger partial charge in [0.15, 0.2) is 4.91 Å². The van der Waals surface area contributed by atoms with E-state index in [0.29, 0.717) is 19.0 Å². The lowest BCUT2D eigenvalue weighted by molar-refractivity contribution is -0.222. The van der Waals surface area contributed by atoms with Crippen LogP contribution in [-0.2, 0) is 19.5 Å². The van der Waals surface area contributed by atoms with Crippen LogP contribution in [0.3, 0.4) is 0 Å². The number of aliphatic hydroxyl groups is 4. The molecular weight excluding hydrogens is 566 g/mol. The Morgan fingerprint density at radius 1 is 1.00 bits per heavy atom. The maximum absolute atomic E-state index is 12.9. The number of fused-ring (bicyclic) bond motifs is 1. The van der Waals surface area contributed by atoms with Gasteiger partial charge in [-0.3, -0.25) is 0 Å². The van der Waals surface area contributed by atoms with E-state index in [4.69, 9.17) is 19.0 Å². The number of benzene rings is 2. The minimum atomic E-state index is -4.36. The van der Waals surface area contributed by atoms with Crippen LogP contribution in [0.25, 0.3) is 28.2 Å². The summed E-state index contributed by atoms with van der Waals surface area (Å²) < 4.78 is 44.8. The van der Waals surface area contributed by atoms with Gasteiger partial charge in [0, 0.05) is 43.6 Å². The standard InChI is InChI=1S/C29H33N3O9S/c30-16-23(42(37,38)31-17-26-28(35)29(36)27(34)25(41-26)7-10-33)15-22-5-6-24(40-22)20-2-1-19-14-21(4-3-18(19)13-20)32-8-11-39-12-9-32/h1-6,13-15,25-29,31,33-36H,7-12,17H2/b23-15+/t25?,26-,27+,28-,29-/m1/s1. The zero-order valence-corrected chi connectivity index (χ0v) is 23.5. The van der Waals surface area contributed by atoms with Crippen LogP contribution >= 0.6 is 0 Å². The average Bonchev–Trinajstić information content (AvgIpc) is 3.48. The highest BCUT2D eigenvalue weighted by Gasteiger charge is 2.43. The van der Waals surface area contributed by atoms with Crippen LogP contribution in [0.1, 0.15) is 12.2 Å².